The van der Waals surface area contributed by atoms with Gasteiger partial charge < -0.3 is 9.47 Å². The number of amides is 1. The molecule has 0 aliphatic carbocycles. The Morgan fingerprint density at radius 1 is 1.06 bits per heavy atom. The van der Waals surface area contributed by atoms with Crippen molar-refractivity contribution >= 4 is 28.5 Å². The van der Waals surface area contributed by atoms with Crippen LogP contribution in [0.1, 0.15) is 29.8 Å². The molecule has 1 amide bonds. The topological polar surface area (TPSA) is 75.5 Å². The van der Waals surface area contributed by atoms with Crippen molar-refractivity contribution in [1.29, 1.82) is 0 Å². The molecule has 2 heterocycles. The van der Waals surface area contributed by atoms with Crippen molar-refractivity contribution in [2.24, 2.45) is 10.1 Å². The molecule has 35 heavy (non-hydrogen) atoms. The smallest absolute Gasteiger partial charge is 0.276 e. The highest BCUT2D eigenvalue weighted by Crippen LogP contribution is 2.40. The third kappa shape index (κ3) is 4.49. The summed E-state index contributed by atoms with van der Waals surface area (Å²) in [6, 6.07) is 21.6. The summed E-state index contributed by atoms with van der Waals surface area (Å²) < 4.78 is 11.5. The molecular formula is C27H26N4O3S. The number of ether oxygens (including phenoxy) is 2. The summed E-state index contributed by atoms with van der Waals surface area (Å²) in [7, 11) is 1.61. The number of aryl methyl sites for hydroxylation is 1. The van der Waals surface area contributed by atoms with E-state index in [-0.39, 0.29) is 5.91 Å². The minimum atomic E-state index is -0.587. The number of nitrogens with one attached hydrogen (secondary N) is 1. The zero-order valence-corrected chi connectivity index (χ0v) is 20.6. The molecule has 0 radical (unpaired) electrons. The molecule has 8 heteroatoms. The molecule has 0 aromatic heterocycles. The van der Waals surface area contributed by atoms with E-state index in [0.29, 0.717) is 34.7 Å². The van der Waals surface area contributed by atoms with Gasteiger partial charge in [-0.05, 0) is 31.5 Å². The number of carbonyl (C=O) groups excluding carboxylic acids is 1. The van der Waals surface area contributed by atoms with Gasteiger partial charge in [-0.3, -0.25) is 15.1 Å². The Bertz CT molecular complexity index is 1420. The maximum absolute atomic E-state index is 13.4. The Labute approximate surface area is 208 Å². The van der Waals surface area contributed by atoms with Crippen molar-refractivity contribution in [2.45, 2.75) is 25.8 Å². The number of hydrogen-bond acceptors (Lipinski definition) is 7. The van der Waals surface area contributed by atoms with Gasteiger partial charge in [0.15, 0.2) is 22.8 Å². The van der Waals surface area contributed by atoms with Crippen LogP contribution in [-0.2, 0) is 10.5 Å². The van der Waals surface area contributed by atoms with E-state index in [1.165, 1.54) is 17.3 Å². The molecule has 0 bridgehead atoms. The maximum Gasteiger partial charge on any atom is 0.276 e. The first-order valence-electron chi connectivity index (χ1n) is 11.4. The lowest BCUT2D eigenvalue weighted by atomic mass is 10.1. The molecule has 0 fully saturated rings. The predicted octanol–water partition coefficient (Wildman–Crippen LogP) is 3.48. The van der Waals surface area contributed by atoms with Gasteiger partial charge in [-0.15, -0.1) is 5.10 Å². The average molecular weight is 487 g/mol. The van der Waals surface area contributed by atoms with Gasteiger partial charge in [-0.1, -0.05) is 71.9 Å². The fourth-order valence-corrected chi connectivity index (χ4v) is 4.96. The number of thioether (sulfide) groups is 1. The third-order valence-corrected chi connectivity index (χ3v) is 6.74. The molecule has 0 saturated heterocycles. The average Bonchev–Trinajstić information content (AvgIpc) is 2.87. The van der Waals surface area contributed by atoms with Crippen LogP contribution in [0.4, 0.5) is 0 Å². The van der Waals surface area contributed by atoms with E-state index in [1.54, 1.807) is 12.1 Å². The minimum absolute atomic E-state index is 0.210. The molecule has 2 aliphatic heterocycles. The van der Waals surface area contributed by atoms with Crippen LogP contribution in [0.2, 0.25) is 0 Å². The molecule has 3 aromatic rings. The van der Waals surface area contributed by atoms with Crippen LogP contribution in [0.15, 0.2) is 76.8 Å². The highest BCUT2D eigenvalue weighted by atomic mass is 32.2. The Hall–Kier alpha value is -3.78. The van der Waals surface area contributed by atoms with E-state index in [9.17, 15) is 4.79 Å². The van der Waals surface area contributed by atoms with Crippen LogP contribution in [-0.4, -0.2) is 29.8 Å². The second kappa shape index (κ2) is 9.84. The lowest BCUT2D eigenvalue weighted by Gasteiger charge is -2.34. The Balaban J connectivity index is 1.59. The number of benzene rings is 3. The first kappa shape index (κ1) is 23.0. The predicted molar refractivity (Wildman–Crippen MR) is 137 cm³/mol. The highest BCUT2D eigenvalue weighted by Gasteiger charge is 2.36. The molecule has 7 nitrogen and oxygen atoms in total. The molecule has 2 aliphatic rings. The monoisotopic (exact) mass is 486 g/mol. The molecule has 0 saturated carbocycles. The fourth-order valence-electron chi connectivity index (χ4n) is 4.15. The van der Waals surface area contributed by atoms with E-state index in [0.717, 1.165) is 21.7 Å². The van der Waals surface area contributed by atoms with Crippen LogP contribution in [0, 0.1) is 6.92 Å². The zero-order valence-electron chi connectivity index (χ0n) is 19.8. The maximum atomic E-state index is 13.4. The second-order valence-corrected chi connectivity index (χ2v) is 9.12. The van der Waals surface area contributed by atoms with E-state index < -0.39 is 6.17 Å². The largest absolute Gasteiger partial charge is 0.492 e. The number of fused-ring (bicyclic) bond motifs is 2. The van der Waals surface area contributed by atoms with E-state index >= 15 is 0 Å². The Morgan fingerprint density at radius 3 is 2.63 bits per heavy atom. The number of rotatable bonds is 6. The lowest BCUT2D eigenvalue weighted by Crippen LogP contribution is -2.50. The molecule has 1 atom stereocenters. The number of nitrogens with zero attached hydrogens (tertiary/aromatic N) is 3. The summed E-state index contributed by atoms with van der Waals surface area (Å²) in [5.74, 6) is 1.68. The summed E-state index contributed by atoms with van der Waals surface area (Å²) >= 11 is 1.48. The van der Waals surface area contributed by atoms with E-state index in [4.69, 9.17) is 19.6 Å². The Kier molecular flexibility index (Phi) is 6.46. The molecule has 0 spiro atoms. The van der Waals surface area contributed by atoms with Gasteiger partial charge in [0, 0.05) is 16.5 Å². The fraction of sp³-hybridized carbons (Fsp3) is 0.222. The summed E-state index contributed by atoms with van der Waals surface area (Å²) in [6.07, 6.45) is -0.587. The molecule has 1 N–H and O–H groups in total. The van der Waals surface area contributed by atoms with Gasteiger partial charge in [0.05, 0.1) is 19.1 Å². The summed E-state index contributed by atoms with van der Waals surface area (Å²) in [5, 5.41) is 11.5. The van der Waals surface area contributed by atoms with Crippen molar-refractivity contribution < 1.29 is 14.3 Å². The van der Waals surface area contributed by atoms with Crippen molar-refractivity contribution in [3.05, 3.63) is 94.0 Å². The number of hydrogen-bond donors (Lipinski definition) is 1. The first-order chi connectivity index (χ1) is 17.1. The number of para-hydroxylation sites is 2. The van der Waals surface area contributed by atoms with Gasteiger partial charge in [-0.2, -0.15) is 0 Å². The van der Waals surface area contributed by atoms with E-state index in [2.05, 4.69) is 36.5 Å². The molecule has 5 rings (SSSR count). The van der Waals surface area contributed by atoms with Crippen LogP contribution in [0.5, 0.6) is 11.5 Å². The number of amidine groups is 1. The normalized spacial score (nSPS) is 16.5. The summed E-state index contributed by atoms with van der Waals surface area (Å²) in [5.41, 5.74) is 3.60. The molecule has 178 valence electrons. The van der Waals surface area contributed by atoms with Crippen molar-refractivity contribution in [1.82, 2.24) is 10.3 Å². The van der Waals surface area contributed by atoms with Gasteiger partial charge in [-0.25, -0.2) is 5.01 Å². The van der Waals surface area contributed by atoms with Crippen molar-refractivity contribution in [2.75, 3.05) is 13.7 Å². The SMILES string of the molecule is CCOc1cccc([C@H]2N=c3ccccc3=C3C(=O)NC(SCc4ccc(C)cc4)=NN32)c1OC. The zero-order chi connectivity index (χ0) is 24.4. The number of hydrazone groups is 1. The highest BCUT2D eigenvalue weighted by molar-refractivity contribution is 8.13. The molecule has 3 aromatic carbocycles. The van der Waals surface area contributed by atoms with Crippen molar-refractivity contribution in [3.63, 3.8) is 0 Å². The Morgan fingerprint density at radius 2 is 1.86 bits per heavy atom. The number of carbonyl (C=O) groups is 1. The summed E-state index contributed by atoms with van der Waals surface area (Å²) in [4.78, 5) is 18.4. The number of methoxy groups -OCH3 is 1. The second-order valence-electron chi connectivity index (χ2n) is 8.16. The summed E-state index contributed by atoms with van der Waals surface area (Å²) in [6.45, 7) is 4.49. The van der Waals surface area contributed by atoms with Gasteiger partial charge >= 0.3 is 0 Å². The van der Waals surface area contributed by atoms with Gasteiger partial charge in [0.1, 0.15) is 5.70 Å². The lowest BCUT2D eigenvalue weighted by molar-refractivity contribution is -0.116. The minimum Gasteiger partial charge on any atom is -0.492 e. The quantitative estimate of drug-likeness (QED) is 0.578. The van der Waals surface area contributed by atoms with Crippen molar-refractivity contribution in [3.8, 4) is 11.5 Å². The van der Waals surface area contributed by atoms with Crippen LogP contribution < -0.4 is 25.4 Å². The first-order valence-corrected chi connectivity index (χ1v) is 12.4. The van der Waals surface area contributed by atoms with Crippen LogP contribution in [0.3, 0.4) is 0 Å². The van der Waals surface area contributed by atoms with Gasteiger partial charge in [0.25, 0.3) is 5.91 Å². The van der Waals surface area contributed by atoms with Crippen LogP contribution >= 0.6 is 11.8 Å². The van der Waals surface area contributed by atoms with E-state index in [1.807, 2.05) is 49.4 Å². The molecular weight excluding hydrogens is 460 g/mol. The van der Waals surface area contributed by atoms with Gasteiger partial charge in [0.2, 0.25) is 0 Å². The standard InChI is InChI=1S/C27H26N4O3S/c1-4-34-22-11-7-9-20(24(22)33-3)25-28-21-10-6-5-8-19(21)23-26(32)29-27(30-31(23)25)35-16-18-14-12-17(2)13-15-18/h5-15,25H,4,16H2,1-3H3,(H,29,30,32)/t25-/m0/s1. The molecule has 0 unspecified atom stereocenters. The van der Waals surface area contributed by atoms with Crippen LogP contribution in [0.25, 0.3) is 5.70 Å². The third-order valence-electron chi connectivity index (χ3n) is 5.80.